The Hall–Kier alpha value is -0.370. The fourth-order valence-corrected chi connectivity index (χ4v) is 0.679. The van der Waals surface area contributed by atoms with Crippen LogP contribution in [0.4, 0.5) is 0 Å². The summed E-state index contributed by atoms with van der Waals surface area (Å²) in [4.78, 5) is 4.01. The van der Waals surface area contributed by atoms with Crippen LogP contribution in [-0.4, -0.2) is 12.4 Å². The van der Waals surface area contributed by atoms with E-state index >= 15 is 0 Å². The van der Waals surface area contributed by atoms with Crippen molar-refractivity contribution in [2.24, 2.45) is 10.7 Å². The fraction of sp³-hybridized carbons (Fsp3) is 0.857. The predicted octanol–water partition coefficient (Wildman–Crippen LogP) is 1.55. The lowest BCUT2D eigenvalue weighted by Gasteiger charge is -2.02. The molecule has 0 heterocycles. The fourth-order valence-electron chi connectivity index (χ4n) is 0.679. The summed E-state index contributed by atoms with van der Waals surface area (Å²) in [5, 5.41) is 0. The molecule has 0 amide bonds. The predicted molar refractivity (Wildman–Crippen MR) is 41.7 cm³/mol. The lowest BCUT2D eigenvalue weighted by molar-refractivity contribution is 0.599. The summed E-state index contributed by atoms with van der Waals surface area (Å²) in [6.07, 6.45) is 5.20. The van der Waals surface area contributed by atoms with Gasteiger partial charge < -0.3 is 5.73 Å². The Morgan fingerprint density at radius 3 is 2.78 bits per heavy atom. The van der Waals surface area contributed by atoms with Crippen LogP contribution in [0.25, 0.3) is 0 Å². The third kappa shape index (κ3) is 5.50. The summed E-state index contributed by atoms with van der Waals surface area (Å²) in [6.45, 7) is 4.05. The first-order valence-electron chi connectivity index (χ1n) is 3.54. The zero-order chi connectivity index (χ0) is 7.11. The molecule has 2 nitrogen and oxygen atoms in total. The molecule has 0 fully saturated rings. The summed E-state index contributed by atoms with van der Waals surface area (Å²) in [5.41, 5.74) is 5.57. The van der Waals surface area contributed by atoms with Crippen LogP contribution in [-0.2, 0) is 0 Å². The van der Waals surface area contributed by atoms with Gasteiger partial charge in [0.1, 0.15) is 0 Å². The lowest BCUT2D eigenvalue weighted by Crippen LogP contribution is -2.16. The Labute approximate surface area is 57.2 Å². The first kappa shape index (κ1) is 8.63. The minimum absolute atomic E-state index is 0.0370. The van der Waals surface area contributed by atoms with Crippen molar-refractivity contribution in [3.8, 4) is 0 Å². The molecule has 0 saturated carbocycles. The van der Waals surface area contributed by atoms with Gasteiger partial charge in [-0.1, -0.05) is 19.8 Å². The maximum atomic E-state index is 5.57. The summed E-state index contributed by atoms with van der Waals surface area (Å²) in [6, 6.07) is 0. The van der Waals surface area contributed by atoms with Crippen molar-refractivity contribution in [3.63, 3.8) is 0 Å². The van der Waals surface area contributed by atoms with Crippen LogP contribution in [0.15, 0.2) is 4.99 Å². The van der Waals surface area contributed by atoms with Crippen molar-refractivity contribution >= 4 is 6.21 Å². The molecule has 54 valence electrons. The van der Waals surface area contributed by atoms with Crippen molar-refractivity contribution < 1.29 is 0 Å². The highest BCUT2D eigenvalue weighted by atomic mass is 14.9. The largest absolute Gasteiger partial charge is 0.310 e. The van der Waals surface area contributed by atoms with Gasteiger partial charge in [0.05, 0.1) is 6.17 Å². The van der Waals surface area contributed by atoms with Crippen LogP contribution in [0.1, 0.15) is 33.1 Å². The number of hydrogen-bond acceptors (Lipinski definition) is 2. The van der Waals surface area contributed by atoms with E-state index < -0.39 is 0 Å². The van der Waals surface area contributed by atoms with Crippen molar-refractivity contribution in [1.29, 1.82) is 0 Å². The minimum Gasteiger partial charge on any atom is -0.310 e. The van der Waals surface area contributed by atoms with Crippen molar-refractivity contribution in [1.82, 2.24) is 0 Å². The standard InChI is InChI=1S/C7H16N2/c1-3-5-6-7(8)9-4-2/h4,7H,3,5-6,8H2,1-2H3/b9-4-. The molecule has 9 heavy (non-hydrogen) atoms. The second kappa shape index (κ2) is 5.76. The minimum atomic E-state index is 0.0370. The van der Waals surface area contributed by atoms with Crippen LogP contribution in [0.2, 0.25) is 0 Å². The number of rotatable bonds is 4. The van der Waals surface area contributed by atoms with Crippen LogP contribution in [0, 0.1) is 0 Å². The maximum absolute atomic E-state index is 5.57. The highest BCUT2D eigenvalue weighted by molar-refractivity contribution is 5.53. The molecule has 0 bridgehead atoms. The highest BCUT2D eigenvalue weighted by Crippen LogP contribution is 1.97. The molecule has 2 heteroatoms. The molecule has 0 rings (SSSR count). The van der Waals surface area contributed by atoms with E-state index in [1.807, 2.05) is 6.92 Å². The molecular formula is C7H16N2. The van der Waals surface area contributed by atoms with Crippen LogP contribution < -0.4 is 5.73 Å². The van der Waals surface area contributed by atoms with Gasteiger partial charge in [-0.15, -0.1) is 0 Å². The van der Waals surface area contributed by atoms with E-state index in [1.165, 1.54) is 12.8 Å². The Morgan fingerprint density at radius 1 is 1.67 bits per heavy atom. The monoisotopic (exact) mass is 128 g/mol. The van der Waals surface area contributed by atoms with Crippen molar-refractivity contribution in [3.05, 3.63) is 0 Å². The van der Waals surface area contributed by atoms with Gasteiger partial charge >= 0.3 is 0 Å². The molecule has 0 aromatic heterocycles. The normalized spacial score (nSPS) is 14.6. The van der Waals surface area contributed by atoms with Gasteiger partial charge in [0.2, 0.25) is 0 Å². The summed E-state index contributed by atoms with van der Waals surface area (Å²) in [5.74, 6) is 0. The van der Waals surface area contributed by atoms with Crippen molar-refractivity contribution in [2.75, 3.05) is 0 Å². The smallest absolute Gasteiger partial charge is 0.0965 e. The molecule has 0 radical (unpaired) electrons. The molecule has 0 aromatic rings. The number of nitrogens with two attached hydrogens (primary N) is 1. The van der Waals surface area contributed by atoms with Gasteiger partial charge in [-0.25, -0.2) is 0 Å². The summed E-state index contributed by atoms with van der Waals surface area (Å²) >= 11 is 0. The Morgan fingerprint density at radius 2 is 2.33 bits per heavy atom. The Bertz CT molecular complexity index is 79.0. The van der Waals surface area contributed by atoms with Gasteiger partial charge in [0.15, 0.2) is 0 Å². The molecule has 0 saturated heterocycles. The average Bonchev–Trinajstić information content (AvgIpc) is 1.85. The van der Waals surface area contributed by atoms with E-state index in [0.717, 1.165) is 6.42 Å². The molecular weight excluding hydrogens is 112 g/mol. The zero-order valence-electron chi connectivity index (χ0n) is 6.30. The lowest BCUT2D eigenvalue weighted by atomic mass is 10.2. The molecule has 0 aliphatic heterocycles. The van der Waals surface area contributed by atoms with E-state index in [1.54, 1.807) is 6.21 Å². The molecule has 0 aromatic carbocycles. The molecule has 1 atom stereocenters. The topological polar surface area (TPSA) is 38.4 Å². The van der Waals surface area contributed by atoms with Gasteiger partial charge in [-0.05, 0) is 19.6 Å². The molecule has 2 N–H and O–H groups in total. The van der Waals surface area contributed by atoms with Gasteiger partial charge in [-0.3, -0.25) is 4.99 Å². The molecule has 1 unspecified atom stereocenters. The zero-order valence-corrected chi connectivity index (χ0v) is 6.30. The SMILES string of the molecule is C/C=N\C(N)CCCC. The number of aliphatic imine (C=N–C) groups is 1. The van der Waals surface area contributed by atoms with E-state index in [2.05, 4.69) is 11.9 Å². The maximum Gasteiger partial charge on any atom is 0.0965 e. The van der Waals surface area contributed by atoms with Crippen LogP contribution in [0.3, 0.4) is 0 Å². The van der Waals surface area contributed by atoms with Crippen molar-refractivity contribution in [2.45, 2.75) is 39.3 Å². The Kier molecular flexibility index (Phi) is 5.52. The first-order valence-corrected chi connectivity index (χ1v) is 3.54. The second-order valence-corrected chi connectivity index (χ2v) is 2.12. The van der Waals surface area contributed by atoms with Gasteiger partial charge in [0.25, 0.3) is 0 Å². The van der Waals surface area contributed by atoms with E-state index in [-0.39, 0.29) is 6.17 Å². The van der Waals surface area contributed by atoms with E-state index in [9.17, 15) is 0 Å². The summed E-state index contributed by atoms with van der Waals surface area (Å²) < 4.78 is 0. The average molecular weight is 128 g/mol. The quantitative estimate of drug-likeness (QED) is 0.573. The van der Waals surface area contributed by atoms with Crippen LogP contribution in [0.5, 0.6) is 0 Å². The number of nitrogens with zero attached hydrogens (tertiary/aromatic N) is 1. The van der Waals surface area contributed by atoms with E-state index in [4.69, 9.17) is 5.73 Å². The number of unbranched alkanes of at least 4 members (excludes halogenated alkanes) is 1. The second-order valence-electron chi connectivity index (χ2n) is 2.12. The third-order valence-electron chi connectivity index (χ3n) is 1.19. The summed E-state index contributed by atoms with van der Waals surface area (Å²) in [7, 11) is 0. The molecule has 0 spiro atoms. The van der Waals surface area contributed by atoms with Crippen LogP contribution >= 0.6 is 0 Å². The highest BCUT2D eigenvalue weighted by Gasteiger charge is 1.93. The molecule has 0 aliphatic rings. The third-order valence-corrected chi connectivity index (χ3v) is 1.19. The first-order chi connectivity index (χ1) is 4.31. The molecule has 0 aliphatic carbocycles. The van der Waals surface area contributed by atoms with Gasteiger partial charge in [-0.2, -0.15) is 0 Å². The Balaban J connectivity index is 3.15. The number of hydrogen-bond donors (Lipinski definition) is 1. The van der Waals surface area contributed by atoms with Gasteiger partial charge in [0, 0.05) is 0 Å². The van der Waals surface area contributed by atoms with E-state index in [0.29, 0.717) is 0 Å².